The molecule has 0 saturated heterocycles. The Labute approximate surface area is 117 Å². The number of amides is 1. The third-order valence-electron chi connectivity index (χ3n) is 2.95. The van der Waals surface area contributed by atoms with Crippen LogP contribution in [0.5, 0.6) is 0 Å². The van der Waals surface area contributed by atoms with Crippen LogP contribution in [0.15, 0.2) is 54.6 Å². The maximum atomic E-state index is 11.2. The van der Waals surface area contributed by atoms with E-state index in [-0.39, 0.29) is 5.91 Å². The van der Waals surface area contributed by atoms with Crippen molar-refractivity contribution >= 4 is 11.9 Å². The molecule has 2 rings (SSSR count). The van der Waals surface area contributed by atoms with Gasteiger partial charge in [0, 0.05) is 6.92 Å². The molecule has 1 unspecified atom stereocenters. The molecule has 0 aliphatic rings. The molecule has 0 radical (unpaired) electrons. The number of carboxylic acids is 1. The second kappa shape index (κ2) is 6.02. The third-order valence-corrected chi connectivity index (χ3v) is 2.95. The summed E-state index contributed by atoms with van der Waals surface area (Å²) >= 11 is 0. The number of carbonyl (C=O) groups is 2. The molecule has 0 aliphatic carbocycles. The van der Waals surface area contributed by atoms with Crippen LogP contribution in [0.2, 0.25) is 0 Å². The van der Waals surface area contributed by atoms with Crippen LogP contribution < -0.4 is 5.32 Å². The van der Waals surface area contributed by atoms with E-state index in [9.17, 15) is 9.59 Å². The van der Waals surface area contributed by atoms with Gasteiger partial charge in [0.1, 0.15) is 0 Å². The van der Waals surface area contributed by atoms with E-state index in [1.54, 1.807) is 12.1 Å². The van der Waals surface area contributed by atoms with Gasteiger partial charge in [-0.05, 0) is 16.7 Å². The highest BCUT2D eigenvalue weighted by Crippen LogP contribution is 2.22. The molecule has 0 heterocycles. The number of benzene rings is 2. The summed E-state index contributed by atoms with van der Waals surface area (Å²) in [6.07, 6.45) is 0. The Morgan fingerprint density at radius 2 is 1.50 bits per heavy atom. The Balaban J connectivity index is 2.27. The van der Waals surface area contributed by atoms with E-state index in [1.807, 2.05) is 42.5 Å². The van der Waals surface area contributed by atoms with Crippen molar-refractivity contribution in [2.75, 3.05) is 0 Å². The van der Waals surface area contributed by atoms with E-state index >= 15 is 0 Å². The predicted molar refractivity (Wildman–Crippen MR) is 76.1 cm³/mol. The summed E-state index contributed by atoms with van der Waals surface area (Å²) in [7, 11) is 0. The minimum absolute atomic E-state index is 0.371. The predicted octanol–water partition coefficient (Wildman–Crippen LogP) is 2.62. The fourth-order valence-electron chi connectivity index (χ4n) is 1.99. The highest BCUT2D eigenvalue weighted by Gasteiger charge is 2.20. The minimum Gasteiger partial charge on any atom is -0.479 e. The SMILES string of the molecule is CC(=O)NC(C(=O)O)c1ccc(-c2ccccc2)cc1. The lowest BCUT2D eigenvalue weighted by Gasteiger charge is -2.14. The number of hydrogen-bond donors (Lipinski definition) is 2. The van der Waals surface area contributed by atoms with Crippen LogP contribution >= 0.6 is 0 Å². The highest BCUT2D eigenvalue weighted by molar-refractivity contribution is 5.83. The van der Waals surface area contributed by atoms with E-state index in [4.69, 9.17) is 5.11 Å². The molecule has 1 atom stereocenters. The number of carboxylic acid groups (broad SMARTS) is 1. The molecule has 0 aliphatic heterocycles. The molecule has 0 fully saturated rings. The first-order valence-electron chi connectivity index (χ1n) is 6.23. The lowest BCUT2D eigenvalue weighted by molar-refractivity contribution is -0.141. The maximum absolute atomic E-state index is 11.2. The molecule has 0 aromatic heterocycles. The number of aliphatic carboxylic acids is 1. The molecule has 0 saturated carbocycles. The van der Waals surface area contributed by atoms with Crippen LogP contribution in [-0.2, 0) is 9.59 Å². The molecular weight excluding hydrogens is 254 g/mol. The van der Waals surface area contributed by atoms with E-state index in [2.05, 4.69) is 5.32 Å². The van der Waals surface area contributed by atoms with Crippen molar-refractivity contribution in [3.05, 3.63) is 60.2 Å². The van der Waals surface area contributed by atoms with E-state index in [0.717, 1.165) is 11.1 Å². The topological polar surface area (TPSA) is 66.4 Å². The first-order valence-corrected chi connectivity index (χ1v) is 6.23. The smallest absolute Gasteiger partial charge is 0.330 e. The third kappa shape index (κ3) is 3.23. The van der Waals surface area contributed by atoms with E-state index in [0.29, 0.717) is 5.56 Å². The lowest BCUT2D eigenvalue weighted by Crippen LogP contribution is -2.31. The Kier molecular flexibility index (Phi) is 4.15. The zero-order valence-corrected chi connectivity index (χ0v) is 11.0. The monoisotopic (exact) mass is 269 g/mol. The van der Waals surface area contributed by atoms with Crippen molar-refractivity contribution in [2.24, 2.45) is 0 Å². The van der Waals surface area contributed by atoms with Gasteiger partial charge < -0.3 is 10.4 Å². The summed E-state index contributed by atoms with van der Waals surface area (Å²) in [6, 6.07) is 15.9. The highest BCUT2D eigenvalue weighted by atomic mass is 16.4. The molecule has 2 N–H and O–H groups in total. The summed E-state index contributed by atoms with van der Waals surface area (Å²) in [4.78, 5) is 22.2. The van der Waals surface area contributed by atoms with Gasteiger partial charge in [-0.15, -0.1) is 0 Å². The summed E-state index contributed by atoms with van der Waals surface area (Å²) in [5, 5.41) is 11.6. The minimum atomic E-state index is -1.08. The molecular formula is C16H15NO3. The molecule has 20 heavy (non-hydrogen) atoms. The van der Waals surface area contributed by atoms with Crippen LogP contribution in [0.25, 0.3) is 11.1 Å². The molecule has 102 valence electrons. The zero-order valence-electron chi connectivity index (χ0n) is 11.0. The Bertz CT molecular complexity index is 605. The summed E-state index contributed by atoms with van der Waals surface area (Å²) in [6.45, 7) is 1.30. The largest absolute Gasteiger partial charge is 0.479 e. The second-order valence-corrected chi connectivity index (χ2v) is 4.46. The van der Waals surface area contributed by atoms with Gasteiger partial charge in [-0.2, -0.15) is 0 Å². The quantitative estimate of drug-likeness (QED) is 0.896. The molecule has 2 aromatic carbocycles. The van der Waals surface area contributed by atoms with Crippen LogP contribution in [-0.4, -0.2) is 17.0 Å². The van der Waals surface area contributed by atoms with E-state index in [1.165, 1.54) is 6.92 Å². The Morgan fingerprint density at radius 1 is 0.950 bits per heavy atom. The van der Waals surface area contributed by atoms with Crippen molar-refractivity contribution in [2.45, 2.75) is 13.0 Å². The summed E-state index contributed by atoms with van der Waals surface area (Å²) in [5.74, 6) is -1.45. The van der Waals surface area contributed by atoms with Crippen LogP contribution in [0, 0.1) is 0 Å². The maximum Gasteiger partial charge on any atom is 0.330 e. The molecule has 4 heteroatoms. The first kappa shape index (κ1) is 13.8. The molecule has 2 aromatic rings. The van der Waals surface area contributed by atoms with Crippen molar-refractivity contribution in [1.82, 2.24) is 5.32 Å². The number of nitrogens with one attached hydrogen (secondary N) is 1. The zero-order chi connectivity index (χ0) is 14.5. The normalized spacial score (nSPS) is 11.7. The van der Waals surface area contributed by atoms with Gasteiger partial charge in [0.2, 0.25) is 5.91 Å². The summed E-state index contributed by atoms with van der Waals surface area (Å²) in [5.41, 5.74) is 2.61. The van der Waals surface area contributed by atoms with Gasteiger partial charge in [0.05, 0.1) is 0 Å². The van der Waals surface area contributed by atoms with Crippen molar-refractivity contribution < 1.29 is 14.7 Å². The Hall–Kier alpha value is -2.62. The van der Waals surface area contributed by atoms with Gasteiger partial charge in [-0.25, -0.2) is 4.79 Å². The van der Waals surface area contributed by atoms with Gasteiger partial charge in [-0.3, -0.25) is 4.79 Å². The van der Waals surface area contributed by atoms with Gasteiger partial charge in [-0.1, -0.05) is 54.6 Å². The average molecular weight is 269 g/mol. The van der Waals surface area contributed by atoms with E-state index < -0.39 is 12.0 Å². The standard InChI is InChI=1S/C16H15NO3/c1-11(18)17-15(16(19)20)14-9-7-13(8-10-14)12-5-3-2-4-6-12/h2-10,15H,1H3,(H,17,18)(H,19,20). The van der Waals surface area contributed by atoms with Crippen LogP contribution in [0.4, 0.5) is 0 Å². The first-order chi connectivity index (χ1) is 9.58. The van der Waals surface area contributed by atoms with Crippen molar-refractivity contribution in [3.8, 4) is 11.1 Å². The number of rotatable bonds is 4. The van der Waals surface area contributed by atoms with Gasteiger partial charge in [0.15, 0.2) is 6.04 Å². The average Bonchev–Trinajstić information content (AvgIpc) is 2.45. The fourth-order valence-corrected chi connectivity index (χ4v) is 1.99. The van der Waals surface area contributed by atoms with Crippen molar-refractivity contribution in [1.29, 1.82) is 0 Å². The molecule has 0 bridgehead atoms. The second-order valence-electron chi connectivity index (χ2n) is 4.46. The van der Waals surface area contributed by atoms with Gasteiger partial charge in [0.25, 0.3) is 0 Å². The van der Waals surface area contributed by atoms with Gasteiger partial charge >= 0.3 is 5.97 Å². The molecule has 0 spiro atoms. The number of carbonyl (C=O) groups excluding carboxylic acids is 1. The van der Waals surface area contributed by atoms with Crippen molar-refractivity contribution in [3.63, 3.8) is 0 Å². The summed E-state index contributed by atoms with van der Waals surface area (Å²) < 4.78 is 0. The Morgan fingerprint density at radius 3 is 2.00 bits per heavy atom. The molecule has 1 amide bonds. The van der Waals surface area contributed by atoms with Crippen LogP contribution in [0.1, 0.15) is 18.5 Å². The lowest BCUT2D eigenvalue weighted by atomic mass is 10.0. The fraction of sp³-hybridized carbons (Fsp3) is 0.125. The van der Waals surface area contributed by atoms with Crippen LogP contribution in [0.3, 0.4) is 0 Å². The number of hydrogen-bond acceptors (Lipinski definition) is 2. The molecule has 4 nitrogen and oxygen atoms in total.